The largest absolute Gasteiger partial charge is 0.491 e. The minimum atomic E-state index is -0.275. The van der Waals surface area contributed by atoms with E-state index in [1.807, 2.05) is 74.5 Å². The number of fused-ring (bicyclic) bond motifs is 2. The van der Waals surface area contributed by atoms with Crippen molar-refractivity contribution in [3.8, 4) is 17.3 Å². The monoisotopic (exact) mass is 501 g/mol. The Kier molecular flexibility index (Phi) is 5.56. The molecule has 2 heterocycles. The molecular formula is C26H20BrN3O3. The molecule has 3 aromatic carbocycles. The van der Waals surface area contributed by atoms with Crippen LogP contribution in [0.4, 0.5) is 0 Å². The molecule has 0 fully saturated rings. The van der Waals surface area contributed by atoms with Crippen LogP contribution in [0.5, 0.6) is 5.75 Å². The summed E-state index contributed by atoms with van der Waals surface area (Å²) in [5.74, 6) is 1.53. The number of halogens is 1. The molecule has 0 radical (unpaired) electrons. The molecule has 5 aromatic rings. The van der Waals surface area contributed by atoms with Crippen LogP contribution < -0.4 is 10.3 Å². The van der Waals surface area contributed by atoms with E-state index >= 15 is 0 Å². The fourth-order valence-electron chi connectivity index (χ4n) is 3.58. The summed E-state index contributed by atoms with van der Waals surface area (Å²) in [6, 6.07) is 22.3. The van der Waals surface area contributed by atoms with Crippen molar-refractivity contribution in [1.29, 1.82) is 0 Å². The number of aromatic nitrogens is 2. The second-order valence-electron chi connectivity index (χ2n) is 7.85. The van der Waals surface area contributed by atoms with Crippen molar-refractivity contribution in [2.24, 2.45) is 5.10 Å². The molecule has 0 aliphatic rings. The zero-order valence-electron chi connectivity index (χ0n) is 18.0. The molecule has 0 saturated heterocycles. The average molecular weight is 502 g/mol. The van der Waals surface area contributed by atoms with Gasteiger partial charge in [-0.05, 0) is 67.9 Å². The van der Waals surface area contributed by atoms with E-state index in [1.54, 1.807) is 18.3 Å². The second-order valence-corrected chi connectivity index (χ2v) is 8.76. The van der Waals surface area contributed by atoms with Gasteiger partial charge in [0, 0.05) is 9.86 Å². The van der Waals surface area contributed by atoms with Crippen LogP contribution in [-0.4, -0.2) is 22.0 Å². The molecule has 0 N–H and O–H groups in total. The smallest absolute Gasteiger partial charge is 0.282 e. The highest BCUT2D eigenvalue weighted by molar-refractivity contribution is 9.10. The van der Waals surface area contributed by atoms with E-state index in [0.717, 1.165) is 21.2 Å². The van der Waals surface area contributed by atoms with Crippen molar-refractivity contribution >= 4 is 44.0 Å². The van der Waals surface area contributed by atoms with Gasteiger partial charge in [0.05, 0.1) is 23.2 Å². The van der Waals surface area contributed by atoms with Crippen molar-refractivity contribution in [2.75, 3.05) is 0 Å². The van der Waals surface area contributed by atoms with Gasteiger partial charge >= 0.3 is 0 Å². The van der Waals surface area contributed by atoms with E-state index in [-0.39, 0.29) is 11.7 Å². The molecule has 0 aliphatic heterocycles. The van der Waals surface area contributed by atoms with Gasteiger partial charge in [-0.1, -0.05) is 40.2 Å². The summed E-state index contributed by atoms with van der Waals surface area (Å²) in [6.45, 7) is 3.94. The Hall–Kier alpha value is -3.71. The maximum absolute atomic E-state index is 13.4. The number of rotatable bonds is 5. The van der Waals surface area contributed by atoms with E-state index in [0.29, 0.717) is 28.1 Å². The standard InChI is InChI=1S/C26H20BrN3O3/c1-16(2)32-20-7-5-6-17(12-20)15-28-30-25(29-22-9-4-3-8-21(22)26(30)31)24-14-18-13-19(27)10-11-23(18)33-24/h3-16H,1-2H3. The first-order valence-electron chi connectivity index (χ1n) is 10.5. The Bertz CT molecular complexity index is 1570. The molecule has 0 saturated carbocycles. The molecule has 7 heteroatoms. The van der Waals surface area contributed by atoms with Gasteiger partial charge < -0.3 is 9.15 Å². The quantitative estimate of drug-likeness (QED) is 0.267. The molecule has 0 aliphatic carbocycles. The van der Waals surface area contributed by atoms with Crippen LogP contribution in [0.2, 0.25) is 0 Å². The molecule has 0 atom stereocenters. The highest BCUT2D eigenvalue weighted by atomic mass is 79.9. The van der Waals surface area contributed by atoms with Crippen LogP contribution in [0.1, 0.15) is 19.4 Å². The zero-order valence-corrected chi connectivity index (χ0v) is 19.6. The Labute approximate surface area is 198 Å². The first kappa shape index (κ1) is 21.2. The lowest BCUT2D eigenvalue weighted by Gasteiger charge is -2.10. The zero-order chi connectivity index (χ0) is 22.9. The van der Waals surface area contributed by atoms with E-state index in [1.165, 1.54) is 4.68 Å². The normalized spacial score (nSPS) is 11.8. The Balaban J connectivity index is 1.66. The minimum absolute atomic E-state index is 0.0595. The number of ether oxygens (including phenoxy) is 1. The summed E-state index contributed by atoms with van der Waals surface area (Å²) in [5.41, 5.74) is 1.80. The molecule has 164 valence electrons. The number of benzene rings is 3. The van der Waals surface area contributed by atoms with Crippen molar-refractivity contribution in [2.45, 2.75) is 20.0 Å². The summed E-state index contributed by atoms with van der Waals surface area (Å²) < 4.78 is 14.0. The fourth-order valence-corrected chi connectivity index (χ4v) is 3.96. The van der Waals surface area contributed by atoms with Gasteiger partial charge in [0.2, 0.25) is 5.82 Å². The van der Waals surface area contributed by atoms with Gasteiger partial charge in [-0.2, -0.15) is 9.78 Å². The average Bonchev–Trinajstić information content (AvgIpc) is 3.21. The minimum Gasteiger partial charge on any atom is -0.491 e. The van der Waals surface area contributed by atoms with E-state index < -0.39 is 0 Å². The fraction of sp³-hybridized carbons (Fsp3) is 0.115. The predicted molar refractivity (Wildman–Crippen MR) is 134 cm³/mol. The second kappa shape index (κ2) is 8.67. The summed E-state index contributed by atoms with van der Waals surface area (Å²) in [7, 11) is 0. The van der Waals surface area contributed by atoms with Gasteiger partial charge in [-0.25, -0.2) is 4.98 Å². The third-order valence-corrected chi connectivity index (χ3v) is 5.50. The van der Waals surface area contributed by atoms with E-state index in [2.05, 4.69) is 21.0 Å². The lowest BCUT2D eigenvalue weighted by molar-refractivity contribution is 0.242. The first-order chi connectivity index (χ1) is 16.0. The molecule has 6 nitrogen and oxygen atoms in total. The molecular weight excluding hydrogens is 482 g/mol. The lowest BCUT2D eigenvalue weighted by Crippen LogP contribution is -2.20. The molecule has 0 spiro atoms. The van der Waals surface area contributed by atoms with E-state index in [4.69, 9.17) is 14.1 Å². The summed E-state index contributed by atoms with van der Waals surface area (Å²) >= 11 is 3.48. The number of nitrogens with zero attached hydrogens (tertiary/aromatic N) is 3. The van der Waals surface area contributed by atoms with Crippen LogP contribution in [0.3, 0.4) is 0 Å². The molecule has 0 amide bonds. The SMILES string of the molecule is CC(C)Oc1cccc(C=Nn2c(-c3cc4cc(Br)ccc4o3)nc3ccccc3c2=O)c1. The van der Waals surface area contributed by atoms with Gasteiger partial charge in [-0.15, -0.1) is 0 Å². The van der Waals surface area contributed by atoms with Gasteiger partial charge in [0.25, 0.3) is 5.56 Å². The molecule has 0 bridgehead atoms. The predicted octanol–water partition coefficient (Wildman–Crippen LogP) is 6.24. The first-order valence-corrected chi connectivity index (χ1v) is 11.3. The maximum atomic E-state index is 13.4. The van der Waals surface area contributed by atoms with Crippen LogP contribution in [0.25, 0.3) is 33.5 Å². The van der Waals surface area contributed by atoms with Crippen LogP contribution in [-0.2, 0) is 0 Å². The van der Waals surface area contributed by atoms with Gasteiger partial charge in [-0.3, -0.25) is 4.79 Å². The van der Waals surface area contributed by atoms with Gasteiger partial charge in [0.1, 0.15) is 11.3 Å². The Morgan fingerprint density at radius 2 is 1.91 bits per heavy atom. The number of hydrogen-bond donors (Lipinski definition) is 0. The van der Waals surface area contributed by atoms with Crippen molar-refractivity contribution < 1.29 is 9.15 Å². The Morgan fingerprint density at radius 1 is 1.06 bits per heavy atom. The van der Waals surface area contributed by atoms with Crippen molar-refractivity contribution in [3.63, 3.8) is 0 Å². The molecule has 2 aromatic heterocycles. The highest BCUT2D eigenvalue weighted by Crippen LogP contribution is 2.29. The van der Waals surface area contributed by atoms with Crippen molar-refractivity contribution in [3.05, 3.63) is 93.2 Å². The van der Waals surface area contributed by atoms with Crippen LogP contribution in [0.15, 0.2) is 91.6 Å². The van der Waals surface area contributed by atoms with E-state index in [9.17, 15) is 4.79 Å². The molecule has 33 heavy (non-hydrogen) atoms. The van der Waals surface area contributed by atoms with Gasteiger partial charge in [0.15, 0.2) is 5.76 Å². The molecule has 0 unspecified atom stereocenters. The highest BCUT2D eigenvalue weighted by Gasteiger charge is 2.16. The van der Waals surface area contributed by atoms with Crippen molar-refractivity contribution in [1.82, 2.24) is 9.66 Å². The maximum Gasteiger partial charge on any atom is 0.282 e. The topological polar surface area (TPSA) is 69.6 Å². The number of para-hydroxylation sites is 1. The summed E-state index contributed by atoms with van der Waals surface area (Å²) in [4.78, 5) is 18.1. The van der Waals surface area contributed by atoms with Crippen LogP contribution in [0, 0.1) is 0 Å². The summed E-state index contributed by atoms with van der Waals surface area (Å²) in [6.07, 6.45) is 1.68. The number of furan rings is 1. The summed E-state index contributed by atoms with van der Waals surface area (Å²) in [5, 5.41) is 5.88. The number of hydrogen-bond acceptors (Lipinski definition) is 5. The lowest BCUT2D eigenvalue weighted by atomic mass is 10.2. The third kappa shape index (κ3) is 4.32. The third-order valence-electron chi connectivity index (χ3n) is 5.00. The van der Waals surface area contributed by atoms with Crippen LogP contribution >= 0.6 is 15.9 Å². The Morgan fingerprint density at radius 3 is 2.76 bits per heavy atom. The molecule has 5 rings (SSSR count).